The molecule has 3 nitrogen and oxygen atoms in total. The standard InChI is InChI=1S/C15H22FNO2/c1-10(17-9-12-4-3-5-14(12)18)11-6-7-13(16)15(8-11)19-2/h6-8,10,12,14,17-18H,3-5,9H2,1-2H3/t10-,12+,14+/m0/s1. The zero-order chi connectivity index (χ0) is 13.8. The van der Waals surface area contributed by atoms with Crippen molar-refractivity contribution in [3.8, 4) is 5.75 Å². The Balaban J connectivity index is 1.94. The van der Waals surface area contributed by atoms with E-state index in [-0.39, 0.29) is 23.7 Å². The summed E-state index contributed by atoms with van der Waals surface area (Å²) in [5.41, 5.74) is 0.991. The molecule has 3 atom stereocenters. The van der Waals surface area contributed by atoms with E-state index in [2.05, 4.69) is 5.32 Å². The molecule has 1 aliphatic carbocycles. The predicted octanol–water partition coefficient (Wildman–Crippen LogP) is 2.65. The van der Waals surface area contributed by atoms with Crippen LogP contribution in [0.15, 0.2) is 18.2 Å². The third kappa shape index (κ3) is 3.45. The fourth-order valence-corrected chi connectivity index (χ4v) is 2.65. The second-order valence-electron chi connectivity index (χ2n) is 5.28. The second kappa shape index (κ2) is 6.35. The molecule has 1 aromatic carbocycles. The highest BCUT2D eigenvalue weighted by Crippen LogP contribution is 2.26. The number of aliphatic hydroxyl groups excluding tert-OH is 1. The third-order valence-corrected chi connectivity index (χ3v) is 3.98. The van der Waals surface area contributed by atoms with Gasteiger partial charge in [-0.15, -0.1) is 0 Å². The van der Waals surface area contributed by atoms with E-state index < -0.39 is 0 Å². The summed E-state index contributed by atoms with van der Waals surface area (Å²) in [5, 5.41) is 13.2. The highest BCUT2D eigenvalue weighted by Gasteiger charge is 2.25. The lowest BCUT2D eigenvalue weighted by molar-refractivity contribution is 0.130. The smallest absolute Gasteiger partial charge is 0.165 e. The third-order valence-electron chi connectivity index (χ3n) is 3.98. The first-order valence-corrected chi connectivity index (χ1v) is 6.86. The molecule has 1 fully saturated rings. The average Bonchev–Trinajstić information content (AvgIpc) is 2.82. The van der Waals surface area contributed by atoms with Gasteiger partial charge in [0.15, 0.2) is 11.6 Å². The fourth-order valence-electron chi connectivity index (χ4n) is 2.65. The van der Waals surface area contributed by atoms with Crippen LogP contribution in [0.2, 0.25) is 0 Å². The molecule has 0 spiro atoms. The number of rotatable bonds is 5. The van der Waals surface area contributed by atoms with Crippen LogP contribution in [0.5, 0.6) is 5.75 Å². The van der Waals surface area contributed by atoms with Crippen molar-refractivity contribution in [1.29, 1.82) is 0 Å². The van der Waals surface area contributed by atoms with E-state index in [9.17, 15) is 9.50 Å². The first-order valence-electron chi connectivity index (χ1n) is 6.86. The molecule has 1 aliphatic rings. The van der Waals surface area contributed by atoms with E-state index in [1.165, 1.54) is 13.2 Å². The Morgan fingerprint density at radius 1 is 1.47 bits per heavy atom. The zero-order valence-electron chi connectivity index (χ0n) is 11.5. The SMILES string of the molecule is COc1cc([C@H](C)NC[C@H]2CCC[C@H]2O)ccc1F. The number of hydrogen-bond acceptors (Lipinski definition) is 3. The molecule has 0 radical (unpaired) electrons. The molecule has 0 bridgehead atoms. The van der Waals surface area contributed by atoms with Gasteiger partial charge < -0.3 is 15.2 Å². The summed E-state index contributed by atoms with van der Waals surface area (Å²) in [6, 6.07) is 5.03. The Labute approximate surface area is 113 Å². The lowest BCUT2D eigenvalue weighted by Crippen LogP contribution is -2.29. The molecule has 106 valence electrons. The van der Waals surface area contributed by atoms with Crippen LogP contribution < -0.4 is 10.1 Å². The van der Waals surface area contributed by atoms with Gasteiger partial charge in [-0.25, -0.2) is 4.39 Å². The quantitative estimate of drug-likeness (QED) is 0.861. The Morgan fingerprint density at radius 3 is 2.89 bits per heavy atom. The van der Waals surface area contributed by atoms with E-state index in [0.717, 1.165) is 31.4 Å². The largest absolute Gasteiger partial charge is 0.494 e. The van der Waals surface area contributed by atoms with Crippen molar-refractivity contribution in [1.82, 2.24) is 5.32 Å². The van der Waals surface area contributed by atoms with Gasteiger partial charge in [0.2, 0.25) is 0 Å². The Bertz CT molecular complexity index is 425. The molecule has 0 aliphatic heterocycles. The molecule has 1 saturated carbocycles. The molecule has 0 unspecified atom stereocenters. The van der Waals surface area contributed by atoms with Gasteiger partial charge in [-0.1, -0.05) is 12.5 Å². The topological polar surface area (TPSA) is 41.5 Å². The first-order chi connectivity index (χ1) is 9.11. The van der Waals surface area contributed by atoms with Gasteiger partial charge in [0, 0.05) is 12.6 Å². The van der Waals surface area contributed by atoms with E-state index in [4.69, 9.17) is 4.74 Å². The van der Waals surface area contributed by atoms with Gasteiger partial charge in [-0.05, 0) is 43.4 Å². The monoisotopic (exact) mass is 267 g/mol. The van der Waals surface area contributed by atoms with E-state index >= 15 is 0 Å². The van der Waals surface area contributed by atoms with Crippen molar-refractivity contribution in [2.45, 2.75) is 38.3 Å². The molecule has 0 aromatic heterocycles. The van der Waals surface area contributed by atoms with Gasteiger partial charge >= 0.3 is 0 Å². The van der Waals surface area contributed by atoms with Gasteiger partial charge in [0.1, 0.15) is 0 Å². The van der Waals surface area contributed by atoms with Crippen LogP contribution in [0, 0.1) is 11.7 Å². The number of methoxy groups -OCH3 is 1. The maximum absolute atomic E-state index is 13.3. The number of aliphatic hydroxyl groups is 1. The van der Waals surface area contributed by atoms with E-state index in [1.54, 1.807) is 12.1 Å². The Hall–Kier alpha value is -1.13. The van der Waals surface area contributed by atoms with Gasteiger partial charge in [0.25, 0.3) is 0 Å². The zero-order valence-corrected chi connectivity index (χ0v) is 11.5. The van der Waals surface area contributed by atoms with E-state index in [1.807, 2.05) is 6.92 Å². The highest BCUT2D eigenvalue weighted by atomic mass is 19.1. The molecule has 2 rings (SSSR count). The average molecular weight is 267 g/mol. The minimum Gasteiger partial charge on any atom is -0.494 e. The molecule has 0 saturated heterocycles. The van der Waals surface area contributed by atoms with Crippen LogP contribution in [0.1, 0.15) is 37.8 Å². The number of ether oxygens (including phenoxy) is 1. The number of benzene rings is 1. The maximum atomic E-state index is 13.3. The van der Waals surface area contributed by atoms with Gasteiger partial charge in [-0.3, -0.25) is 0 Å². The van der Waals surface area contributed by atoms with Crippen LogP contribution >= 0.6 is 0 Å². The summed E-state index contributed by atoms with van der Waals surface area (Å²) in [5.74, 6) is 0.265. The molecule has 19 heavy (non-hydrogen) atoms. The Kier molecular flexibility index (Phi) is 4.77. The van der Waals surface area contributed by atoms with Crippen molar-refractivity contribution in [2.75, 3.05) is 13.7 Å². The molecule has 4 heteroatoms. The van der Waals surface area contributed by atoms with Crippen molar-refractivity contribution >= 4 is 0 Å². The van der Waals surface area contributed by atoms with Crippen molar-refractivity contribution in [3.63, 3.8) is 0 Å². The fraction of sp³-hybridized carbons (Fsp3) is 0.600. The van der Waals surface area contributed by atoms with Crippen LogP contribution in [0.3, 0.4) is 0 Å². The first kappa shape index (κ1) is 14.3. The number of halogens is 1. The summed E-state index contributed by atoms with van der Waals surface area (Å²) >= 11 is 0. The summed E-state index contributed by atoms with van der Waals surface area (Å²) in [4.78, 5) is 0. The predicted molar refractivity (Wildman–Crippen MR) is 72.7 cm³/mol. The summed E-state index contributed by atoms with van der Waals surface area (Å²) in [6.45, 7) is 2.83. The van der Waals surface area contributed by atoms with Gasteiger partial charge in [-0.2, -0.15) is 0 Å². The van der Waals surface area contributed by atoms with Crippen LogP contribution in [-0.4, -0.2) is 24.9 Å². The van der Waals surface area contributed by atoms with Crippen molar-refractivity contribution in [2.24, 2.45) is 5.92 Å². The summed E-state index contributed by atoms with van der Waals surface area (Å²) in [7, 11) is 1.47. The molecular formula is C15H22FNO2. The van der Waals surface area contributed by atoms with Crippen molar-refractivity contribution in [3.05, 3.63) is 29.6 Å². The Morgan fingerprint density at radius 2 is 2.26 bits per heavy atom. The minimum absolute atomic E-state index is 0.113. The number of hydrogen-bond donors (Lipinski definition) is 2. The number of nitrogens with one attached hydrogen (secondary N) is 1. The molecule has 1 aromatic rings. The minimum atomic E-state index is -0.343. The van der Waals surface area contributed by atoms with Crippen molar-refractivity contribution < 1.29 is 14.2 Å². The highest BCUT2D eigenvalue weighted by molar-refractivity contribution is 5.31. The summed E-state index contributed by atoms with van der Waals surface area (Å²) in [6.07, 6.45) is 2.91. The molecule has 0 heterocycles. The molecule has 0 amide bonds. The maximum Gasteiger partial charge on any atom is 0.165 e. The molecule has 2 N–H and O–H groups in total. The lowest BCUT2D eigenvalue weighted by atomic mass is 10.0. The van der Waals surface area contributed by atoms with Gasteiger partial charge in [0.05, 0.1) is 13.2 Å². The van der Waals surface area contributed by atoms with E-state index in [0.29, 0.717) is 5.92 Å². The second-order valence-corrected chi connectivity index (χ2v) is 5.28. The lowest BCUT2D eigenvalue weighted by Gasteiger charge is -2.20. The van der Waals surface area contributed by atoms with Crippen LogP contribution in [0.25, 0.3) is 0 Å². The van der Waals surface area contributed by atoms with Crippen LogP contribution in [0.4, 0.5) is 4.39 Å². The summed E-state index contributed by atoms with van der Waals surface area (Å²) < 4.78 is 18.3. The van der Waals surface area contributed by atoms with Crippen LogP contribution in [-0.2, 0) is 0 Å². The molecular weight excluding hydrogens is 245 g/mol. The normalized spacial score (nSPS) is 24.4.